The summed E-state index contributed by atoms with van der Waals surface area (Å²) in [6, 6.07) is 5.44. The zero-order valence-corrected chi connectivity index (χ0v) is 10.5. The van der Waals surface area contributed by atoms with Gasteiger partial charge in [0.2, 0.25) is 0 Å². The van der Waals surface area contributed by atoms with Crippen LogP contribution in [0.5, 0.6) is 11.8 Å². The van der Waals surface area contributed by atoms with Crippen molar-refractivity contribution in [2.24, 2.45) is 0 Å². The molecule has 2 aromatic rings. The Morgan fingerprint density at radius 1 is 1.38 bits per heavy atom. The van der Waals surface area contributed by atoms with Crippen molar-refractivity contribution in [2.75, 3.05) is 0 Å². The molecule has 7 heteroatoms. The van der Waals surface area contributed by atoms with Crippen molar-refractivity contribution in [3.8, 4) is 17.8 Å². The number of aromatic nitrogens is 2. The second kappa shape index (κ2) is 6.25. The minimum absolute atomic E-state index is 0.0217. The van der Waals surface area contributed by atoms with Gasteiger partial charge in [0.25, 0.3) is 0 Å². The van der Waals surface area contributed by atoms with Crippen molar-refractivity contribution < 1.29 is 19.0 Å². The summed E-state index contributed by atoms with van der Waals surface area (Å²) in [5, 5.41) is 17.1. The molecule has 0 saturated heterocycles. The van der Waals surface area contributed by atoms with Gasteiger partial charge < -0.3 is 9.84 Å². The van der Waals surface area contributed by atoms with Crippen molar-refractivity contribution in [1.82, 2.24) is 9.97 Å². The summed E-state index contributed by atoms with van der Waals surface area (Å²) < 4.78 is 18.6. The number of hydrogen-bond acceptors (Lipinski definition) is 5. The highest BCUT2D eigenvalue weighted by molar-refractivity contribution is 5.85. The molecule has 2 rings (SSSR count). The van der Waals surface area contributed by atoms with E-state index in [1.807, 2.05) is 0 Å². The molecule has 0 bridgehead atoms. The Hall–Kier alpha value is -3.27. The maximum Gasteiger partial charge on any atom is 0.328 e. The zero-order chi connectivity index (χ0) is 15.2. The standard InChI is InChI=1S/C14H8FN3O3/c15-12-5-11(3-2-10(12)6-16)21-14-17-7-9(8-18-14)1-4-13(19)20/h1-5,7-8H,(H,19,20)/b4-1+. The van der Waals surface area contributed by atoms with Crippen molar-refractivity contribution in [3.63, 3.8) is 0 Å². The van der Waals surface area contributed by atoms with E-state index in [9.17, 15) is 9.18 Å². The molecule has 104 valence electrons. The van der Waals surface area contributed by atoms with Crippen LogP contribution in [0.4, 0.5) is 4.39 Å². The number of carboxylic acids is 1. The maximum absolute atomic E-state index is 13.4. The van der Waals surface area contributed by atoms with E-state index >= 15 is 0 Å². The van der Waals surface area contributed by atoms with Crippen LogP contribution in [0.1, 0.15) is 11.1 Å². The summed E-state index contributed by atoms with van der Waals surface area (Å²) in [4.78, 5) is 18.1. The molecule has 0 spiro atoms. The predicted molar refractivity (Wildman–Crippen MR) is 69.9 cm³/mol. The average Bonchev–Trinajstić information content (AvgIpc) is 2.47. The summed E-state index contributed by atoms with van der Waals surface area (Å²) in [5.74, 6) is -1.63. The maximum atomic E-state index is 13.4. The number of hydrogen-bond donors (Lipinski definition) is 1. The Morgan fingerprint density at radius 2 is 2.10 bits per heavy atom. The van der Waals surface area contributed by atoms with E-state index in [-0.39, 0.29) is 17.3 Å². The molecular formula is C14H8FN3O3. The van der Waals surface area contributed by atoms with Gasteiger partial charge in [-0.3, -0.25) is 0 Å². The number of nitrogens with zero attached hydrogens (tertiary/aromatic N) is 3. The van der Waals surface area contributed by atoms with Crippen LogP contribution in [0.15, 0.2) is 36.7 Å². The Kier molecular flexibility index (Phi) is 4.21. The van der Waals surface area contributed by atoms with Gasteiger partial charge >= 0.3 is 12.0 Å². The third-order valence-electron chi connectivity index (χ3n) is 2.34. The van der Waals surface area contributed by atoms with Crippen molar-refractivity contribution >= 4 is 12.0 Å². The van der Waals surface area contributed by atoms with Crippen LogP contribution in [-0.2, 0) is 4.79 Å². The molecule has 1 aromatic heterocycles. The third-order valence-corrected chi connectivity index (χ3v) is 2.34. The smallest absolute Gasteiger partial charge is 0.328 e. The Morgan fingerprint density at radius 3 is 2.67 bits per heavy atom. The number of halogens is 1. The van der Waals surface area contributed by atoms with E-state index in [1.54, 1.807) is 6.07 Å². The third kappa shape index (κ3) is 3.84. The van der Waals surface area contributed by atoms with E-state index < -0.39 is 11.8 Å². The number of ether oxygens (including phenoxy) is 1. The molecule has 0 amide bonds. The molecule has 0 aliphatic rings. The van der Waals surface area contributed by atoms with Crippen molar-refractivity contribution in [2.45, 2.75) is 0 Å². The highest BCUT2D eigenvalue weighted by atomic mass is 19.1. The van der Waals surface area contributed by atoms with Crippen molar-refractivity contribution in [1.29, 1.82) is 5.26 Å². The Labute approximate surface area is 118 Å². The lowest BCUT2D eigenvalue weighted by molar-refractivity contribution is -0.131. The second-order valence-corrected chi connectivity index (χ2v) is 3.83. The molecule has 0 radical (unpaired) electrons. The van der Waals surface area contributed by atoms with Crippen LogP contribution in [-0.4, -0.2) is 21.0 Å². The minimum Gasteiger partial charge on any atom is -0.478 e. The van der Waals surface area contributed by atoms with Gasteiger partial charge in [0.15, 0.2) is 0 Å². The summed E-state index contributed by atoms with van der Waals surface area (Å²) in [7, 11) is 0. The van der Waals surface area contributed by atoms with Gasteiger partial charge in [0.05, 0.1) is 5.56 Å². The van der Waals surface area contributed by atoms with Crippen LogP contribution in [0.25, 0.3) is 6.08 Å². The predicted octanol–water partition coefficient (Wildman–Crippen LogP) is 2.38. The zero-order valence-electron chi connectivity index (χ0n) is 10.5. The SMILES string of the molecule is N#Cc1ccc(Oc2ncc(/C=C/C(=O)O)cn2)cc1F. The fraction of sp³-hybridized carbons (Fsp3) is 0. The first kappa shape index (κ1) is 14.1. The average molecular weight is 285 g/mol. The van der Waals surface area contributed by atoms with Gasteiger partial charge in [-0.15, -0.1) is 0 Å². The minimum atomic E-state index is -1.08. The van der Waals surface area contributed by atoms with Gasteiger partial charge in [-0.1, -0.05) is 0 Å². The lowest BCUT2D eigenvalue weighted by Crippen LogP contribution is -1.93. The van der Waals surface area contributed by atoms with E-state index in [0.29, 0.717) is 5.56 Å². The highest BCUT2D eigenvalue weighted by Crippen LogP contribution is 2.20. The number of aliphatic carboxylic acids is 1. The molecule has 0 aliphatic carbocycles. The molecule has 6 nitrogen and oxygen atoms in total. The van der Waals surface area contributed by atoms with Gasteiger partial charge in [0, 0.05) is 30.1 Å². The van der Waals surface area contributed by atoms with Crippen LogP contribution in [0.3, 0.4) is 0 Å². The largest absolute Gasteiger partial charge is 0.478 e. The van der Waals surface area contributed by atoms with E-state index in [1.165, 1.54) is 30.6 Å². The molecule has 0 saturated carbocycles. The summed E-state index contributed by atoms with van der Waals surface area (Å²) in [6.07, 6.45) is 5.01. The molecule has 1 heterocycles. The molecule has 1 aromatic carbocycles. The molecule has 0 fully saturated rings. The molecule has 0 unspecified atom stereocenters. The summed E-state index contributed by atoms with van der Waals surface area (Å²) in [5.41, 5.74) is 0.396. The van der Waals surface area contributed by atoms with Crippen LogP contribution >= 0.6 is 0 Å². The molecule has 0 atom stereocenters. The van der Waals surface area contributed by atoms with Gasteiger partial charge in [-0.25, -0.2) is 19.2 Å². The first-order chi connectivity index (χ1) is 10.1. The molecule has 1 N–H and O–H groups in total. The number of benzene rings is 1. The van der Waals surface area contributed by atoms with Crippen LogP contribution < -0.4 is 4.74 Å². The van der Waals surface area contributed by atoms with Gasteiger partial charge in [0.1, 0.15) is 17.6 Å². The van der Waals surface area contributed by atoms with Crippen molar-refractivity contribution in [3.05, 3.63) is 53.6 Å². The number of rotatable bonds is 4. The number of carbonyl (C=O) groups is 1. The van der Waals surface area contributed by atoms with Crippen LogP contribution in [0, 0.1) is 17.1 Å². The summed E-state index contributed by atoms with van der Waals surface area (Å²) >= 11 is 0. The van der Waals surface area contributed by atoms with Crippen LogP contribution in [0.2, 0.25) is 0 Å². The first-order valence-corrected chi connectivity index (χ1v) is 5.69. The lowest BCUT2D eigenvalue weighted by Gasteiger charge is -2.04. The lowest BCUT2D eigenvalue weighted by atomic mass is 10.2. The van der Waals surface area contributed by atoms with E-state index in [4.69, 9.17) is 15.1 Å². The number of carboxylic acid groups (broad SMARTS) is 1. The van der Waals surface area contributed by atoms with E-state index in [0.717, 1.165) is 12.1 Å². The van der Waals surface area contributed by atoms with E-state index in [2.05, 4.69) is 9.97 Å². The highest BCUT2D eigenvalue weighted by Gasteiger charge is 2.05. The topological polar surface area (TPSA) is 96.1 Å². The summed E-state index contributed by atoms with van der Waals surface area (Å²) in [6.45, 7) is 0. The number of nitriles is 1. The Balaban J connectivity index is 2.12. The quantitative estimate of drug-likeness (QED) is 0.866. The van der Waals surface area contributed by atoms with Gasteiger partial charge in [-0.05, 0) is 18.2 Å². The first-order valence-electron chi connectivity index (χ1n) is 5.69. The molecule has 21 heavy (non-hydrogen) atoms. The molecule has 0 aliphatic heterocycles. The fourth-order valence-corrected chi connectivity index (χ4v) is 1.39. The van der Waals surface area contributed by atoms with Gasteiger partial charge in [-0.2, -0.15) is 5.26 Å². The monoisotopic (exact) mass is 285 g/mol. The molecular weight excluding hydrogens is 277 g/mol. The normalized spacial score (nSPS) is 10.3. The second-order valence-electron chi connectivity index (χ2n) is 3.83. The Bertz CT molecular complexity index is 736. The fourth-order valence-electron chi connectivity index (χ4n) is 1.39.